The number of hydrogen-bond acceptors (Lipinski definition) is 2. The minimum atomic E-state index is -4.59. The molecule has 1 unspecified atom stereocenters. The Balaban J connectivity index is 4.21. The molecule has 0 spiro atoms. The summed E-state index contributed by atoms with van der Waals surface area (Å²) in [6.45, 7) is 5.46. The zero-order chi connectivity index (χ0) is 10.9. The van der Waals surface area contributed by atoms with Crippen molar-refractivity contribution in [2.75, 3.05) is 6.54 Å². The van der Waals surface area contributed by atoms with E-state index in [0.717, 1.165) is 6.92 Å². The number of rotatable bonds is 2. The van der Waals surface area contributed by atoms with Crippen molar-refractivity contribution in [3.8, 4) is 0 Å². The third-order valence-electron chi connectivity index (χ3n) is 1.57. The van der Waals surface area contributed by atoms with Crippen molar-refractivity contribution in [3.63, 3.8) is 0 Å². The molecule has 80 valence electrons. The molecular weight excluding hydrogens is 183 g/mol. The third-order valence-corrected chi connectivity index (χ3v) is 1.57. The molecule has 0 bridgehead atoms. The van der Waals surface area contributed by atoms with Crippen LogP contribution in [0.25, 0.3) is 0 Å². The summed E-state index contributed by atoms with van der Waals surface area (Å²) in [4.78, 5) is 0. The molecule has 2 N–H and O–H groups in total. The summed E-state index contributed by atoms with van der Waals surface area (Å²) in [5.41, 5.74) is -3.10. The summed E-state index contributed by atoms with van der Waals surface area (Å²) in [5, 5.41) is 11.6. The van der Waals surface area contributed by atoms with Crippen LogP contribution in [0, 0.1) is 0 Å². The van der Waals surface area contributed by atoms with Crippen LogP contribution in [0.5, 0.6) is 0 Å². The van der Waals surface area contributed by atoms with Gasteiger partial charge in [0, 0.05) is 12.1 Å². The van der Waals surface area contributed by atoms with Crippen molar-refractivity contribution in [3.05, 3.63) is 0 Å². The number of halogens is 3. The maximum atomic E-state index is 12.1. The first-order valence-electron chi connectivity index (χ1n) is 4.00. The number of aliphatic hydroxyl groups is 1. The Bertz CT molecular complexity index is 169. The van der Waals surface area contributed by atoms with E-state index in [0.29, 0.717) is 0 Å². The largest absolute Gasteiger partial charge is 0.418 e. The van der Waals surface area contributed by atoms with E-state index in [1.54, 1.807) is 20.8 Å². The van der Waals surface area contributed by atoms with Crippen LogP contribution in [-0.2, 0) is 0 Å². The van der Waals surface area contributed by atoms with Crippen LogP contribution in [0.3, 0.4) is 0 Å². The summed E-state index contributed by atoms with van der Waals surface area (Å²) in [6.07, 6.45) is -4.59. The summed E-state index contributed by atoms with van der Waals surface area (Å²) in [6, 6.07) is 0. The number of hydrogen-bond donors (Lipinski definition) is 2. The highest BCUT2D eigenvalue weighted by Crippen LogP contribution is 2.29. The van der Waals surface area contributed by atoms with Gasteiger partial charge in [-0.15, -0.1) is 0 Å². The normalized spacial score (nSPS) is 18.5. The molecule has 0 aliphatic rings. The van der Waals surface area contributed by atoms with E-state index in [1.807, 2.05) is 0 Å². The Labute approximate surface area is 76.1 Å². The first-order chi connectivity index (χ1) is 5.46. The molecule has 0 saturated heterocycles. The predicted octanol–water partition coefficient (Wildman–Crippen LogP) is 1.69. The van der Waals surface area contributed by atoms with Gasteiger partial charge in [-0.25, -0.2) is 0 Å². The highest BCUT2D eigenvalue weighted by Gasteiger charge is 2.49. The van der Waals surface area contributed by atoms with E-state index >= 15 is 0 Å². The molecule has 0 aliphatic carbocycles. The average molecular weight is 199 g/mol. The van der Waals surface area contributed by atoms with E-state index in [1.165, 1.54) is 0 Å². The highest BCUT2D eigenvalue weighted by molar-refractivity contribution is 4.86. The smallest absolute Gasteiger partial charge is 0.380 e. The fourth-order valence-electron chi connectivity index (χ4n) is 0.537. The maximum Gasteiger partial charge on any atom is 0.418 e. The van der Waals surface area contributed by atoms with E-state index in [2.05, 4.69) is 5.32 Å². The molecule has 0 radical (unpaired) electrons. The van der Waals surface area contributed by atoms with Crippen LogP contribution in [0.2, 0.25) is 0 Å². The minimum Gasteiger partial charge on any atom is -0.380 e. The molecule has 0 heterocycles. The fraction of sp³-hybridized carbons (Fsp3) is 1.00. The average Bonchev–Trinajstić information content (AvgIpc) is 1.79. The first-order valence-corrected chi connectivity index (χ1v) is 4.00. The molecule has 1 atom stereocenters. The summed E-state index contributed by atoms with van der Waals surface area (Å²) < 4.78 is 36.4. The Hall–Kier alpha value is -0.290. The molecular formula is C8H16F3NO. The van der Waals surface area contributed by atoms with E-state index < -0.39 is 23.9 Å². The molecule has 0 aliphatic heterocycles. The molecule has 2 nitrogen and oxygen atoms in total. The van der Waals surface area contributed by atoms with Crippen LogP contribution < -0.4 is 5.32 Å². The zero-order valence-electron chi connectivity index (χ0n) is 8.29. The van der Waals surface area contributed by atoms with Gasteiger partial charge in [0.25, 0.3) is 0 Å². The number of alkyl halides is 3. The van der Waals surface area contributed by atoms with Crippen LogP contribution in [0.1, 0.15) is 27.7 Å². The van der Waals surface area contributed by atoms with Crippen molar-refractivity contribution >= 4 is 0 Å². The summed E-state index contributed by atoms with van der Waals surface area (Å²) >= 11 is 0. The van der Waals surface area contributed by atoms with Gasteiger partial charge in [-0.2, -0.15) is 13.2 Å². The molecule has 0 aromatic carbocycles. The Morgan fingerprint density at radius 1 is 1.08 bits per heavy atom. The molecule has 0 aromatic heterocycles. The number of β-amino-alcohol motifs (C(OH)–C–C–N with tert-alkyl or cyclic N) is 1. The molecule has 0 rings (SSSR count). The first kappa shape index (κ1) is 12.7. The topological polar surface area (TPSA) is 32.3 Å². The Morgan fingerprint density at radius 2 is 1.46 bits per heavy atom. The highest BCUT2D eigenvalue weighted by atomic mass is 19.4. The summed E-state index contributed by atoms with van der Waals surface area (Å²) in [5.74, 6) is 0. The predicted molar refractivity (Wildman–Crippen MR) is 44.4 cm³/mol. The minimum absolute atomic E-state index is 0.435. The van der Waals surface area contributed by atoms with E-state index in [-0.39, 0.29) is 0 Å². The van der Waals surface area contributed by atoms with Gasteiger partial charge in [0.1, 0.15) is 0 Å². The van der Waals surface area contributed by atoms with Gasteiger partial charge in [-0.1, -0.05) is 0 Å². The Morgan fingerprint density at radius 3 is 1.69 bits per heavy atom. The van der Waals surface area contributed by atoms with E-state index in [9.17, 15) is 13.2 Å². The van der Waals surface area contributed by atoms with Crippen LogP contribution >= 0.6 is 0 Å². The van der Waals surface area contributed by atoms with Gasteiger partial charge in [0.15, 0.2) is 5.60 Å². The second kappa shape index (κ2) is 3.46. The molecule has 0 amide bonds. The monoisotopic (exact) mass is 199 g/mol. The molecule has 13 heavy (non-hydrogen) atoms. The lowest BCUT2D eigenvalue weighted by molar-refractivity contribution is -0.251. The van der Waals surface area contributed by atoms with Crippen LogP contribution in [-0.4, -0.2) is 29.0 Å². The second-order valence-electron chi connectivity index (χ2n) is 4.38. The van der Waals surface area contributed by atoms with Gasteiger partial charge in [0.05, 0.1) is 0 Å². The van der Waals surface area contributed by atoms with Gasteiger partial charge >= 0.3 is 6.18 Å². The molecule has 0 saturated carbocycles. The SMILES string of the molecule is CC(C)(C)NCC(C)(O)C(F)(F)F. The Kier molecular flexibility index (Phi) is 3.38. The summed E-state index contributed by atoms with van der Waals surface area (Å²) in [7, 11) is 0. The van der Waals surface area contributed by atoms with Crippen molar-refractivity contribution in [2.45, 2.75) is 45.0 Å². The molecule has 0 aromatic rings. The van der Waals surface area contributed by atoms with E-state index in [4.69, 9.17) is 5.11 Å². The third kappa shape index (κ3) is 4.47. The van der Waals surface area contributed by atoms with Gasteiger partial charge < -0.3 is 10.4 Å². The van der Waals surface area contributed by atoms with Gasteiger partial charge in [-0.3, -0.25) is 0 Å². The van der Waals surface area contributed by atoms with Crippen molar-refractivity contribution in [1.29, 1.82) is 0 Å². The van der Waals surface area contributed by atoms with Crippen LogP contribution in [0.15, 0.2) is 0 Å². The molecule has 5 heteroatoms. The van der Waals surface area contributed by atoms with Gasteiger partial charge in [-0.05, 0) is 27.7 Å². The lowest BCUT2D eigenvalue weighted by Gasteiger charge is -2.30. The van der Waals surface area contributed by atoms with Crippen LogP contribution in [0.4, 0.5) is 13.2 Å². The fourth-order valence-corrected chi connectivity index (χ4v) is 0.537. The van der Waals surface area contributed by atoms with Crippen molar-refractivity contribution in [2.24, 2.45) is 0 Å². The standard InChI is InChI=1S/C8H16F3NO/c1-6(2,3)12-5-7(4,13)8(9,10)11/h12-13H,5H2,1-4H3. The lowest BCUT2D eigenvalue weighted by atomic mass is 10.0. The number of nitrogens with one attached hydrogen (secondary N) is 1. The maximum absolute atomic E-state index is 12.1. The lowest BCUT2D eigenvalue weighted by Crippen LogP contribution is -2.53. The second-order valence-corrected chi connectivity index (χ2v) is 4.38. The van der Waals surface area contributed by atoms with Crippen molar-refractivity contribution in [1.82, 2.24) is 5.32 Å². The molecule has 0 fully saturated rings. The quantitative estimate of drug-likeness (QED) is 0.709. The van der Waals surface area contributed by atoms with Crippen molar-refractivity contribution < 1.29 is 18.3 Å². The zero-order valence-corrected chi connectivity index (χ0v) is 8.29. The van der Waals surface area contributed by atoms with Gasteiger partial charge in [0.2, 0.25) is 0 Å².